The van der Waals surface area contributed by atoms with Gasteiger partial charge in [0.15, 0.2) is 0 Å². The first-order valence-corrected chi connectivity index (χ1v) is 12.3. The summed E-state index contributed by atoms with van der Waals surface area (Å²) in [6.07, 6.45) is 0.297. The molecule has 180 valence electrons. The maximum absolute atomic E-state index is 13.7. The van der Waals surface area contributed by atoms with Crippen molar-refractivity contribution in [3.05, 3.63) is 99.5 Å². The Morgan fingerprint density at radius 1 is 0.806 bits per heavy atom. The zero-order valence-corrected chi connectivity index (χ0v) is 19.5. The van der Waals surface area contributed by atoms with Gasteiger partial charge in [-0.2, -0.15) is 0 Å². The summed E-state index contributed by atoms with van der Waals surface area (Å²) in [7, 11) is 0. The number of pyridine rings is 1. The second kappa shape index (κ2) is 7.65. The van der Waals surface area contributed by atoms with Crippen LogP contribution in [0.5, 0.6) is 0 Å². The van der Waals surface area contributed by atoms with E-state index in [2.05, 4.69) is 0 Å². The Hall–Kier alpha value is -4.20. The number of aromatic nitrogens is 1. The lowest BCUT2D eigenvalue weighted by molar-refractivity contribution is -0.135. The van der Waals surface area contributed by atoms with E-state index >= 15 is 0 Å². The first-order valence-electron chi connectivity index (χ1n) is 12.3. The summed E-state index contributed by atoms with van der Waals surface area (Å²) < 4.78 is 1.84. The number of nitrogens with zero attached hydrogens (tertiary/aromatic N) is 4. The van der Waals surface area contributed by atoms with Gasteiger partial charge < -0.3 is 14.4 Å². The van der Waals surface area contributed by atoms with E-state index in [9.17, 15) is 19.2 Å². The molecule has 0 radical (unpaired) electrons. The van der Waals surface area contributed by atoms with Crippen LogP contribution in [0.1, 0.15) is 50.5 Å². The van der Waals surface area contributed by atoms with Gasteiger partial charge in [-0.05, 0) is 36.6 Å². The first kappa shape index (κ1) is 21.1. The maximum atomic E-state index is 13.7. The standard InChI is InChI=1S/C28H24N4O4/c33-24-11-5-10-22-18-12-17(14-30(22)24)13-29(15-18)25(34)16-31-26-19-6-1-2-7-20(19)28(36)32(26)23-9-4-3-8-21(23)27(31)35/h1-11,17-18,26H,12-16H2/t17-,18+,26?/m1/s1. The molecule has 0 spiro atoms. The molecular weight excluding hydrogens is 456 g/mol. The Balaban J connectivity index is 1.22. The van der Waals surface area contributed by atoms with E-state index in [1.807, 2.05) is 39.8 Å². The summed E-state index contributed by atoms with van der Waals surface area (Å²) in [6, 6.07) is 19.7. The van der Waals surface area contributed by atoms with Gasteiger partial charge in [-0.1, -0.05) is 36.4 Å². The van der Waals surface area contributed by atoms with Crippen LogP contribution in [0.4, 0.5) is 5.69 Å². The van der Waals surface area contributed by atoms with E-state index < -0.39 is 6.17 Å². The fraction of sp³-hybridized carbons (Fsp3) is 0.286. The molecule has 36 heavy (non-hydrogen) atoms. The molecule has 3 aromatic rings. The zero-order chi connectivity index (χ0) is 24.6. The number of rotatable bonds is 2. The maximum Gasteiger partial charge on any atom is 0.260 e. The molecule has 3 amide bonds. The molecule has 0 aliphatic carbocycles. The fourth-order valence-corrected chi connectivity index (χ4v) is 6.48. The van der Waals surface area contributed by atoms with Crippen LogP contribution < -0.4 is 10.5 Å². The molecule has 1 fully saturated rings. The first-order chi connectivity index (χ1) is 17.5. The van der Waals surface area contributed by atoms with E-state index in [1.165, 1.54) is 4.90 Å². The molecule has 0 N–H and O–H groups in total. The van der Waals surface area contributed by atoms with Crippen LogP contribution in [-0.2, 0) is 11.3 Å². The molecule has 8 nitrogen and oxygen atoms in total. The summed E-state index contributed by atoms with van der Waals surface area (Å²) in [4.78, 5) is 58.1. The summed E-state index contributed by atoms with van der Waals surface area (Å²) in [5, 5.41) is 0. The summed E-state index contributed by atoms with van der Waals surface area (Å²) in [5.74, 6) is -0.260. The molecule has 0 saturated carbocycles. The highest BCUT2D eigenvalue weighted by atomic mass is 16.2. The Morgan fingerprint density at radius 3 is 2.44 bits per heavy atom. The number of piperidine rings is 1. The van der Waals surface area contributed by atoms with Crippen molar-refractivity contribution < 1.29 is 14.4 Å². The van der Waals surface area contributed by atoms with Gasteiger partial charge in [0.05, 0.1) is 11.3 Å². The third-order valence-corrected chi connectivity index (χ3v) is 8.02. The molecule has 2 aromatic carbocycles. The minimum absolute atomic E-state index is 0.00390. The predicted molar refractivity (Wildman–Crippen MR) is 132 cm³/mol. The molecule has 8 heteroatoms. The van der Waals surface area contributed by atoms with Gasteiger partial charge in [0.1, 0.15) is 12.7 Å². The number of para-hydroxylation sites is 1. The van der Waals surface area contributed by atoms with Gasteiger partial charge in [0, 0.05) is 48.4 Å². The lowest BCUT2D eigenvalue weighted by Gasteiger charge is -2.44. The second-order valence-electron chi connectivity index (χ2n) is 10.1. The van der Waals surface area contributed by atoms with Crippen molar-refractivity contribution in [1.29, 1.82) is 0 Å². The number of likely N-dealkylation sites (tertiary alicyclic amines) is 1. The van der Waals surface area contributed by atoms with Crippen LogP contribution in [0.15, 0.2) is 71.5 Å². The van der Waals surface area contributed by atoms with Gasteiger partial charge in [-0.25, -0.2) is 0 Å². The summed E-state index contributed by atoms with van der Waals surface area (Å²) in [5.41, 5.74) is 3.27. The van der Waals surface area contributed by atoms with Gasteiger partial charge in [-0.15, -0.1) is 0 Å². The number of carbonyl (C=O) groups excluding carboxylic acids is 3. The molecular formula is C28H24N4O4. The number of hydrogen-bond donors (Lipinski definition) is 0. The molecule has 3 atom stereocenters. The molecule has 7 rings (SSSR count). The smallest absolute Gasteiger partial charge is 0.260 e. The topological polar surface area (TPSA) is 82.9 Å². The SMILES string of the molecule is O=C(CN1C(=O)c2ccccc2N2C(=O)c3ccccc3C12)N1C[C@H]2C[C@@H](C1)c1cccc(=O)n1C2. The number of benzene rings is 2. The fourth-order valence-electron chi connectivity index (χ4n) is 6.48. The molecule has 4 aliphatic heterocycles. The van der Waals surface area contributed by atoms with Crippen molar-refractivity contribution >= 4 is 23.4 Å². The van der Waals surface area contributed by atoms with Gasteiger partial charge in [0.2, 0.25) is 5.91 Å². The quantitative estimate of drug-likeness (QED) is 0.565. The molecule has 2 bridgehead atoms. The van der Waals surface area contributed by atoms with E-state index in [4.69, 9.17) is 0 Å². The van der Waals surface area contributed by atoms with Gasteiger partial charge in [0.25, 0.3) is 17.4 Å². The number of carbonyl (C=O) groups is 3. The monoisotopic (exact) mass is 480 g/mol. The Morgan fingerprint density at radius 2 is 1.58 bits per heavy atom. The van der Waals surface area contributed by atoms with Crippen LogP contribution in [0.25, 0.3) is 0 Å². The lowest BCUT2D eigenvalue weighted by Crippen LogP contribution is -2.54. The summed E-state index contributed by atoms with van der Waals surface area (Å²) in [6.45, 7) is 1.56. The van der Waals surface area contributed by atoms with Crippen molar-refractivity contribution in [3.8, 4) is 0 Å². The average molecular weight is 481 g/mol. The van der Waals surface area contributed by atoms with Crippen LogP contribution in [-0.4, -0.2) is 51.7 Å². The van der Waals surface area contributed by atoms with E-state index in [1.54, 1.807) is 41.3 Å². The van der Waals surface area contributed by atoms with E-state index in [0.717, 1.165) is 17.7 Å². The number of anilines is 1. The third kappa shape index (κ3) is 2.93. The number of amides is 3. The molecule has 4 aliphatic rings. The molecule has 1 unspecified atom stereocenters. The Bertz CT molecular complexity index is 1510. The van der Waals surface area contributed by atoms with Crippen LogP contribution in [0.3, 0.4) is 0 Å². The van der Waals surface area contributed by atoms with E-state index in [0.29, 0.717) is 36.4 Å². The lowest BCUT2D eigenvalue weighted by atomic mass is 9.83. The molecule has 1 saturated heterocycles. The molecule has 1 aromatic heterocycles. The van der Waals surface area contributed by atoms with Crippen LogP contribution in [0, 0.1) is 5.92 Å². The Labute approximate surface area is 207 Å². The average Bonchev–Trinajstić information content (AvgIpc) is 3.19. The largest absolute Gasteiger partial charge is 0.340 e. The Kier molecular flexibility index (Phi) is 4.49. The van der Waals surface area contributed by atoms with Crippen LogP contribution in [0.2, 0.25) is 0 Å². The highest BCUT2D eigenvalue weighted by Crippen LogP contribution is 2.45. The molecule has 5 heterocycles. The van der Waals surface area contributed by atoms with Gasteiger partial charge >= 0.3 is 0 Å². The zero-order valence-electron chi connectivity index (χ0n) is 19.5. The normalized spacial score (nSPS) is 23.7. The van der Waals surface area contributed by atoms with E-state index in [-0.39, 0.29) is 41.7 Å². The number of hydrogen-bond acceptors (Lipinski definition) is 4. The summed E-state index contributed by atoms with van der Waals surface area (Å²) >= 11 is 0. The minimum Gasteiger partial charge on any atom is -0.340 e. The highest BCUT2D eigenvalue weighted by Gasteiger charge is 2.48. The van der Waals surface area contributed by atoms with Crippen molar-refractivity contribution in [1.82, 2.24) is 14.4 Å². The van der Waals surface area contributed by atoms with Crippen molar-refractivity contribution in [2.45, 2.75) is 25.0 Å². The van der Waals surface area contributed by atoms with Crippen molar-refractivity contribution in [3.63, 3.8) is 0 Å². The highest BCUT2D eigenvalue weighted by molar-refractivity contribution is 6.17. The number of fused-ring (bicyclic) bond motifs is 9. The van der Waals surface area contributed by atoms with Crippen molar-refractivity contribution in [2.75, 3.05) is 24.5 Å². The predicted octanol–water partition coefficient (Wildman–Crippen LogP) is 2.61. The van der Waals surface area contributed by atoms with Gasteiger partial charge in [-0.3, -0.25) is 24.1 Å². The minimum atomic E-state index is -0.649. The second-order valence-corrected chi connectivity index (χ2v) is 10.1. The van der Waals surface area contributed by atoms with Crippen molar-refractivity contribution in [2.24, 2.45) is 5.92 Å². The van der Waals surface area contributed by atoms with Crippen LogP contribution >= 0.6 is 0 Å². The third-order valence-electron chi connectivity index (χ3n) is 8.02.